The lowest BCUT2D eigenvalue weighted by Gasteiger charge is -2.07. The van der Waals surface area contributed by atoms with Crippen molar-refractivity contribution in [3.05, 3.63) is 28.3 Å². The SMILES string of the molecule is CCCCCCCCCCCC(=O)Nc1cc([N+](=O)[O-])ccc1O. The van der Waals surface area contributed by atoms with Crippen molar-refractivity contribution in [3.63, 3.8) is 0 Å². The molecule has 1 amide bonds. The first-order chi connectivity index (χ1) is 11.5. The van der Waals surface area contributed by atoms with Crippen molar-refractivity contribution in [1.29, 1.82) is 0 Å². The molecule has 0 aromatic heterocycles. The maximum Gasteiger partial charge on any atom is 0.271 e. The molecule has 0 spiro atoms. The number of nitro groups is 1. The average Bonchev–Trinajstić information content (AvgIpc) is 2.55. The number of carbonyl (C=O) groups excluding carboxylic acids is 1. The van der Waals surface area contributed by atoms with Crippen LogP contribution < -0.4 is 5.32 Å². The number of unbranched alkanes of at least 4 members (excludes halogenated alkanes) is 8. The predicted molar refractivity (Wildman–Crippen MR) is 95.2 cm³/mol. The van der Waals surface area contributed by atoms with Gasteiger partial charge in [-0.25, -0.2) is 0 Å². The average molecular weight is 336 g/mol. The zero-order chi connectivity index (χ0) is 17.8. The van der Waals surface area contributed by atoms with Crippen molar-refractivity contribution in [2.45, 2.75) is 71.1 Å². The van der Waals surface area contributed by atoms with E-state index in [0.29, 0.717) is 6.42 Å². The van der Waals surface area contributed by atoms with Gasteiger partial charge >= 0.3 is 0 Å². The first-order valence-electron chi connectivity index (χ1n) is 8.82. The third kappa shape index (κ3) is 7.94. The lowest BCUT2D eigenvalue weighted by atomic mass is 10.1. The summed E-state index contributed by atoms with van der Waals surface area (Å²) in [5.74, 6) is -0.394. The number of amides is 1. The van der Waals surface area contributed by atoms with Gasteiger partial charge in [0.1, 0.15) is 5.75 Å². The summed E-state index contributed by atoms with van der Waals surface area (Å²) in [6.07, 6.45) is 10.9. The van der Waals surface area contributed by atoms with Crippen molar-refractivity contribution in [2.75, 3.05) is 5.32 Å². The highest BCUT2D eigenvalue weighted by Gasteiger charge is 2.12. The molecule has 1 aromatic carbocycles. The Morgan fingerprint density at radius 2 is 1.67 bits per heavy atom. The highest BCUT2D eigenvalue weighted by molar-refractivity contribution is 5.92. The first-order valence-corrected chi connectivity index (χ1v) is 8.82. The molecule has 0 unspecified atom stereocenters. The van der Waals surface area contributed by atoms with Crippen molar-refractivity contribution < 1.29 is 14.8 Å². The smallest absolute Gasteiger partial charge is 0.271 e. The second-order valence-electron chi connectivity index (χ2n) is 6.09. The lowest BCUT2D eigenvalue weighted by Crippen LogP contribution is -2.11. The number of phenols is 1. The van der Waals surface area contributed by atoms with Gasteiger partial charge in [0.15, 0.2) is 0 Å². The second kappa shape index (κ2) is 11.4. The third-order valence-corrected chi connectivity index (χ3v) is 3.97. The van der Waals surface area contributed by atoms with E-state index < -0.39 is 4.92 Å². The topological polar surface area (TPSA) is 92.5 Å². The summed E-state index contributed by atoms with van der Waals surface area (Å²) in [5.41, 5.74) is -0.0729. The van der Waals surface area contributed by atoms with E-state index in [0.717, 1.165) is 19.3 Å². The van der Waals surface area contributed by atoms with Crippen LogP contribution in [-0.2, 0) is 4.79 Å². The van der Waals surface area contributed by atoms with Crippen LogP contribution in [0.1, 0.15) is 71.1 Å². The number of rotatable bonds is 12. The second-order valence-corrected chi connectivity index (χ2v) is 6.09. The summed E-state index contributed by atoms with van der Waals surface area (Å²) in [7, 11) is 0. The summed E-state index contributed by atoms with van der Waals surface area (Å²) in [4.78, 5) is 22.0. The normalized spacial score (nSPS) is 10.5. The van der Waals surface area contributed by atoms with Gasteiger partial charge in [-0.2, -0.15) is 0 Å². The molecule has 0 heterocycles. The van der Waals surface area contributed by atoms with Crippen LogP contribution in [0.3, 0.4) is 0 Å². The van der Waals surface area contributed by atoms with Gasteiger partial charge in [0.2, 0.25) is 5.91 Å². The Bertz CT molecular complexity index is 532. The molecule has 1 rings (SSSR count). The van der Waals surface area contributed by atoms with Gasteiger partial charge in [-0.05, 0) is 12.5 Å². The van der Waals surface area contributed by atoms with Crippen molar-refractivity contribution in [3.8, 4) is 5.75 Å². The van der Waals surface area contributed by atoms with Crippen LogP contribution in [0.4, 0.5) is 11.4 Å². The van der Waals surface area contributed by atoms with Gasteiger partial charge in [0.05, 0.1) is 10.6 Å². The number of nitro benzene ring substituents is 1. The molecule has 1 aromatic rings. The van der Waals surface area contributed by atoms with Crippen LogP contribution in [0.5, 0.6) is 5.75 Å². The van der Waals surface area contributed by atoms with E-state index in [1.54, 1.807) is 0 Å². The van der Waals surface area contributed by atoms with Crippen LogP contribution in [-0.4, -0.2) is 15.9 Å². The molecule has 6 heteroatoms. The minimum atomic E-state index is -0.560. The molecule has 0 bridgehead atoms. The Labute approximate surface area is 143 Å². The van der Waals surface area contributed by atoms with Gasteiger partial charge in [-0.15, -0.1) is 0 Å². The number of aromatic hydroxyl groups is 1. The molecule has 0 aliphatic rings. The number of hydrogen-bond acceptors (Lipinski definition) is 4. The van der Waals surface area contributed by atoms with Crippen LogP contribution in [0, 0.1) is 10.1 Å². The summed E-state index contributed by atoms with van der Waals surface area (Å²) < 4.78 is 0. The third-order valence-electron chi connectivity index (χ3n) is 3.97. The molecular formula is C18H28N2O4. The maximum absolute atomic E-state index is 11.9. The van der Waals surface area contributed by atoms with Gasteiger partial charge in [0.25, 0.3) is 5.69 Å². The molecule has 0 fully saturated rings. The van der Waals surface area contributed by atoms with Crippen molar-refractivity contribution in [2.24, 2.45) is 0 Å². The fraction of sp³-hybridized carbons (Fsp3) is 0.611. The monoisotopic (exact) mass is 336 g/mol. The summed E-state index contributed by atoms with van der Waals surface area (Å²) in [6, 6.07) is 3.58. The van der Waals surface area contributed by atoms with E-state index in [-0.39, 0.29) is 23.0 Å². The lowest BCUT2D eigenvalue weighted by molar-refractivity contribution is -0.384. The molecule has 134 valence electrons. The van der Waals surface area contributed by atoms with Gasteiger partial charge in [-0.1, -0.05) is 58.3 Å². The number of hydrogen-bond donors (Lipinski definition) is 2. The Hall–Kier alpha value is -2.11. The molecule has 0 aliphatic heterocycles. The number of anilines is 1. The number of non-ortho nitro benzene ring substituents is 1. The van der Waals surface area contributed by atoms with Crippen LogP contribution in [0.15, 0.2) is 18.2 Å². The number of phenolic OH excluding ortho intramolecular Hbond substituents is 1. The zero-order valence-corrected chi connectivity index (χ0v) is 14.4. The molecule has 6 nitrogen and oxygen atoms in total. The minimum Gasteiger partial charge on any atom is -0.506 e. The standard InChI is InChI=1S/C18H28N2O4/c1-2-3-4-5-6-7-8-9-10-11-18(22)19-16-14-15(20(23)24)12-13-17(16)21/h12-14,21H,2-11H2,1H3,(H,19,22). The molecule has 2 N–H and O–H groups in total. The molecule has 24 heavy (non-hydrogen) atoms. The van der Waals surface area contributed by atoms with E-state index in [1.165, 1.54) is 56.7 Å². The van der Waals surface area contributed by atoms with Gasteiger partial charge < -0.3 is 10.4 Å². The molecule has 0 atom stereocenters. The quantitative estimate of drug-likeness (QED) is 0.239. The number of benzene rings is 1. The Kier molecular flexibility index (Phi) is 9.49. The Balaban J connectivity index is 2.20. The van der Waals surface area contributed by atoms with Gasteiger partial charge in [-0.3, -0.25) is 14.9 Å². The van der Waals surface area contributed by atoms with E-state index in [4.69, 9.17) is 0 Å². The molecule has 0 saturated carbocycles. The summed E-state index contributed by atoms with van der Waals surface area (Å²) >= 11 is 0. The summed E-state index contributed by atoms with van der Waals surface area (Å²) in [6.45, 7) is 2.21. The minimum absolute atomic E-state index is 0.0881. The Morgan fingerprint density at radius 3 is 2.25 bits per heavy atom. The van der Waals surface area contributed by atoms with E-state index >= 15 is 0 Å². The molecular weight excluding hydrogens is 308 g/mol. The fourth-order valence-electron chi connectivity index (χ4n) is 2.55. The molecule has 0 aliphatic carbocycles. The van der Waals surface area contributed by atoms with Crippen LogP contribution in [0.25, 0.3) is 0 Å². The largest absolute Gasteiger partial charge is 0.506 e. The van der Waals surface area contributed by atoms with Crippen LogP contribution >= 0.6 is 0 Å². The molecule has 0 radical (unpaired) electrons. The van der Waals surface area contributed by atoms with Crippen molar-refractivity contribution >= 4 is 17.3 Å². The van der Waals surface area contributed by atoms with E-state index in [2.05, 4.69) is 12.2 Å². The highest BCUT2D eigenvalue weighted by Crippen LogP contribution is 2.28. The zero-order valence-electron chi connectivity index (χ0n) is 14.4. The number of nitrogens with zero attached hydrogens (tertiary/aromatic N) is 1. The van der Waals surface area contributed by atoms with E-state index in [9.17, 15) is 20.0 Å². The van der Waals surface area contributed by atoms with E-state index in [1.807, 2.05) is 0 Å². The maximum atomic E-state index is 11.9. The Morgan fingerprint density at radius 1 is 1.08 bits per heavy atom. The highest BCUT2D eigenvalue weighted by atomic mass is 16.6. The van der Waals surface area contributed by atoms with Crippen molar-refractivity contribution in [1.82, 2.24) is 0 Å². The predicted octanol–water partition coefficient (Wildman–Crippen LogP) is 5.16. The molecule has 0 saturated heterocycles. The number of carbonyl (C=O) groups is 1. The van der Waals surface area contributed by atoms with Gasteiger partial charge in [0, 0.05) is 18.6 Å². The number of nitrogens with one attached hydrogen (secondary N) is 1. The fourth-order valence-corrected chi connectivity index (χ4v) is 2.55. The summed E-state index contributed by atoms with van der Waals surface area (Å²) in [5, 5.41) is 22.9. The first kappa shape index (κ1) is 19.9. The van der Waals surface area contributed by atoms with Crippen LogP contribution in [0.2, 0.25) is 0 Å².